The molecule has 0 heterocycles. The van der Waals surface area contributed by atoms with Crippen LogP contribution in [0.25, 0.3) is 0 Å². The first-order chi connectivity index (χ1) is 9.15. The summed E-state index contributed by atoms with van der Waals surface area (Å²) in [7, 11) is 0. The molecule has 0 saturated heterocycles. The Morgan fingerprint density at radius 1 is 0.842 bits per heavy atom. The normalized spacial score (nSPS) is 15.3. The Balaban J connectivity index is 1.94. The van der Waals surface area contributed by atoms with Gasteiger partial charge in [0, 0.05) is 0 Å². The van der Waals surface area contributed by atoms with Crippen molar-refractivity contribution in [2.45, 2.75) is 24.1 Å². The van der Waals surface area contributed by atoms with Crippen LogP contribution in [-0.2, 0) is 12.8 Å². The van der Waals surface area contributed by atoms with Gasteiger partial charge in [0.15, 0.2) is 0 Å². The Hall–Kier alpha value is -0.500. The first kappa shape index (κ1) is 13.5. The molecule has 0 radical (unpaired) electrons. The van der Waals surface area contributed by atoms with Crippen LogP contribution in [0.4, 0.5) is 0 Å². The van der Waals surface area contributed by atoms with E-state index >= 15 is 0 Å². The molecule has 1 aliphatic rings. The second-order valence-electron chi connectivity index (χ2n) is 4.92. The van der Waals surface area contributed by atoms with Gasteiger partial charge in [-0.15, -0.1) is 0 Å². The third-order valence-electron chi connectivity index (χ3n) is 3.65. The van der Waals surface area contributed by atoms with Gasteiger partial charge in [-0.1, -0.05) is 63.4 Å². The lowest BCUT2D eigenvalue weighted by Gasteiger charge is -2.13. The Bertz CT molecular complexity index is 622. The molecule has 0 aromatic heterocycles. The molecule has 1 unspecified atom stereocenters. The van der Waals surface area contributed by atoms with Gasteiger partial charge >= 0.3 is 0 Å². The van der Waals surface area contributed by atoms with E-state index in [1.807, 2.05) is 18.2 Å². The monoisotopic (exact) mass is 354 g/mol. The highest BCUT2D eigenvalue weighted by molar-refractivity contribution is 9.09. The third kappa shape index (κ3) is 2.69. The van der Waals surface area contributed by atoms with Gasteiger partial charge in [0.25, 0.3) is 0 Å². The summed E-state index contributed by atoms with van der Waals surface area (Å²) in [6.07, 6.45) is 3.69. The van der Waals surface area contributed by atoms with Crippen molar-refractivity contribution in [2.75, 3.05) is 0 Å². The fourth-order valence-electron chi connectivity index (χ4n) is 2.61. The second kappa shape index (κ2) is 5.47. The maximum Gasteiger partial charge on any atom is 0.0645 e. The van der Waals surface area contributed by atoms with Crippen LogP contribution in [0.1, 0.15) is 33.5 Å². The SMILES string of the molecule is Clc1ccc(C(Br)c2ccc3c(c2)CCC3)cc1Cl. The maximum atomic E-state index is 6.09. The quantitative estimate of drug-likeness (QED) is 0.582. The van der Waals surface area contributed by atoms with Gasteiger partial charge in [0.1, 0.15) is 0 Å². The average Bonchev–Trinajstić information content (AvgIpc) is 2.88. The molecule has 2 aromatic rings. The van der Waals surface area contributed by atoms with Crippen molar-refractivity contribution < 1.29 is 0 Å². The van der Waals surface area contributed by atoms with Gasteiger partial charge in [-0.2, -0.15) is 0 Å². The molecule has 0 fully saturated rings. The predicted octanol–water partition coefficient (Wildman–Crippen LogP) is 5.97. The maximum absolute atomic E-state index is 6.09. The van der Waals surface area contributed by atoms with E-state index in [-0.39, 0.29) is 4.83 Å². The van der Waals surface area contributed by atoms with Gasteiger partial charge in [0.2, 0.25) is 0 Å². The molecule has 0 spiro atoms. The minimum atomic E-state index is 0.160. The van der Waals surface area contributed by atoms with Crippen molar-refractivity contribution in [3.8, 4) is 0 Å². The van der Waals surface area contributed by atoms with E-state index in [4.69, 9.17) is 23.2 Å². The zero-order valence-corrected chi connectivity index (χ0v) is 13.4. The van der Waals surface area contributed by atoms with E-state index < -0.39 is 0 Å². The molecule has 0 saturated carbocycles. The topological polar surface area (TPSA) is 0 Å². The van der Waals surface area contributed by atoms with E-state index in [9.17, 15) is 0 Å². The van der Waals surface area contributed by atoms with E-state index in [0.29, 0.717) is 10.0 Å². The highest BCUT2D eigenvalue weighted by Gasteiger charge is 2.16. The fraction of sp³-hybridized carbons (Fsp3) is 0.250. The van der Waals surface area contributed by atoms with Crippen molar-refractivity contribution in [2.24, 2.45) is 0 Å². The molecule has 2 aromatic carbocycles. The largest absolute Gasteiger partial charge is 0.0827 e. The Labute approximate surface area is 131 Å². The summed E-state index contributed by atoms with van der Waals surface area (Å²) in [6, 6.07) is 12.6. The molecule has 0 nitrogen and oxygen atoms in total. The van der Waals surface area contributed by atoms with Crippen LogP contribution >= 0.6 is 39.1 Å². The first-order valence-electron chi connectivity index (χ1n) is 6.36. The Kier molecular flexibility index (Phi) is 3.88. The number of halogens is 3. The summed E-state index contributed by atoms with van der Waals surface area (Å²) in [5, 5.41) is 1.20. The molecule has 0 bridgehead atoms. The molecule has 19 heavy (non-hydrogen) atoms. The van der Waals surface area contributed by atoms with E-state index in [2.05, 4.69) is 34.1 Å². The van der Waals surface area contributed by atoms with Crippen molar-refractivity contribution in [3.05, 3.63) is 68.7 Å². The molecule has 1 atom stereocenters. The summed E-state index contributed by atoms with van der Waals surface area (Å²) in [5.74, 6) is 0. The molecular formula is C16H13BrCl2. The van der Waals surface area contributed by atoms with Crippen LogP contribution in [0.3, 0.4) is 0 Å². The first-order valence-corrected chi connectivity index (χ1v) is 8.03. The molecule has 0 amide bonds. The van der Waals surface area contributed by atoms with Gasteiger partial charge in [-0.3, -0.25) is 0 Å². The van der Waals surface area contributed by atoms with Gasteiger partial charge < -0.3 is 0 Å². The molecule has 3 rings (SSSR count). The summed E-state index contributed by atoms with van der Waals surface area (Å²) in [4.78, 5) is 0.160. The van der Waals surface area contributed by atoms with Gasteiger partial charge in [-0.25, -0.2) is 0 Å². The number of hydrogen-bond acceptors (Lipinski definition) is 0. The summed E-state index contributed by atoms with van der Waals surface area (Å²) >= 11 is 15.8. The second-order valence-corrected chi connectivity index (χ2v) is 6.65. The molecule has 0 N–H and O–H groups in total. The highest BCUT2D eigenvalue weighted by atomic mass is 79.9. The van der Waals surface area contributed by atoms with Crippen molar-refractivity contribution >= 4 is 39.1 Å². The molecule has 3 heteroatoms. The minimum absolute atomic E-state index is 0.160. The van der Waals surface area contributed by atoms with Gasteiger partial charge in [0.05, 0.1) is 14.9 Å². The summed E-state index contributed by atoms with van der Waals surface area (Å²) < 4.78 is 0. The minimum Gasteiger partial charge on any atom is -0.0827 e. The van der Waals surface area contributed by atoms with Gasteiger partial charge in [-0.05, 0) is 53.6 Å². The fourth-order valence-corrected chi connectivity index (χ4v) is 3.49. The number of fused-ring (bicyclic) bond motifs is 1. The van der Waals surface area contributed by atoms with E-state index in [1.165, 1.54) is 36.0 Å². The third-order valence-corrected chi connectivity index (χ3v) is 5.45. The summed E-state index contributed by atoms with van der Waals surface area (Å²) in [5.41, 5.74) is 5.39. The van der Waals surface area contributed by atoms with Crippen LogP contribution < -0.4 is 0 Å². The number of rotatable bonds is 2. The van der Waals surface area contributed by atoms with Crippen LogP contribution in [0, 0.1) is 0 Å². The molecule has 98 valence electrons. The molecule has 0 aliphatic heterocycles. The number of hydrogen-bond donors (Lipinski definition) is 0. The highest BCUT2D eigenvalue weighted by Crippen LogP contribution is 2.36. The smallest absolute Gasteiger partial charge is 0.0645 e. The van der Waals surface area contributed by atoms with Crippen molar-refractivity contribution in [3.63, 3.8) is 0 Å². The van der Waals surface area contributed by atoms with E-state index in [0.717, 1.165) is 5.56 Å². The van der Waals surface area contributed by atoms with Crippen LogP contribution in [0.15, 0.2) is 36.4 Å². The van der Waals surface area contributed by atoms with Crippen molar-refractivity contribution in [1.29, 1.82) is 0 Å². The average molecular weight is 356 g/mol. The summed E-state index contributed by atoms with van der Waals surface area (Å²) in [6.45, 7) is 0. The van der Waals surface area contributed by atoms with Crippen molar-refractivity contribution in [1.82, 2.24) is 0 Å². The number of alkyl halides is 1. The Morgan fingerprint density at radius 2 is 1.53 bits per heavy atom. The number of aryl methyl sites for hydroxylation is 2. The van der Waals surface area contributed by atoms with Crippen LogP contribution in [0.2, 0.25) is 10.0 Å². The van der Waals surface area contributed by atoms with Crippen LogP contribution in [-0.4, -0.2) is 0 Å². The molecule has 1 aliphatic carbocycles. The zero-order chi connectivity index (χ0) is 13.4. The Morgan fingerprint density at radius 3 is 2.32 bits per heavy atom. The lowest BCUT2D eigenvalue weighted by molar-refractivity contribution is 0.911. The molecular weight excluding hydrogens is 343 g/mol. The predicted molar refractivity (Wildman–Crippen MR) is 85.7 cm³/mol. The van der Waals surface area contributed by atoms with E-state index in [1.54, 1.807) is 0 Å². The zero-order valence-electron chi connectivity index (χ0n) is 10.3. The standard InChI is InChI=1S/C16H13BrCl2/c17-16(13-6-7-14(18)15(19)9-13)12-5-4-10-2-1-3-11(10)8-12/h4-9,16H,1-3H2. The lowest BCUT2D eigenvalue weighted by atomic mass is 10.0. The number of benzene rings is 2. The van der Waals surface area contributed by atoms with Crippen LogP contribution in [0.5, 0.6) is 0 Å². The lowest BCUT2D eigenvalue weighted by Crippen LogP contribution is -1.95.